The fourth-order valence-electron chi connectivity index (χ4n) is 2.98. The third-order valence-electron chi connectivity index (χ3n) is 4.36. The molecule has 1 fully saturated rings. The summed E-state index contributed by atoms with van der Waals surface area (Å²) in [5.74, 6) is 0.888. The fourth-order valence-corrected chi connectivity index (χ4v) is 2.98. The lowest BCUT2D eigenvalue weighted by atomic mass is 9.89. The van der Waals surface area contributed by atoms with Crippen LogP contribution in [0.3, 0.4) is 0 Å². The van der Waals surface area contributed by atoms with Gasteiger partial charge in [0.15, 0.2) is 0 Å². The number of methoxy groups -OCH3 is 1. The minimum Gasteiger partial charge on any atom is -0.497 e. The van der Waals surface area contributed by atoms with Crippen LogP contribution in [0.4, 0.5) is 0 Å². The summed E-state index contributed by atoms with van der Waals surface area (Å²) in [7, 11) is 1.60. The van der Waals surface area contributed by atoms with Crippen molar-refractivity contribution in [3.8, 4) is 5.75 Å². The van der Waals surface area contributed by atoms with E-state index >= 15 is 0 Å². The van der Waals surface area contributed by atoms with E-state index in [1.165, 1.54) is 6.42 Å². The molecule has 23 heavy (non-hydrogen) atoms. The van der Waals surface area contributed by atoms with Crippen LogP contribution in [-0.4, -0.2) is 32.0 Å². The van der Waals surface area contributed by atoms with Crippen LogP contribution in [0, 0.1) is 12.8 Å². The van der Waals surface area contributed by atoms with Crippen LogP contribution in [0.2, 0.25) is 0 Å². The molecule has 126 valence electrons. The molecule has 1 aromatic rings. The number of hydrogen-bond acceptors (Lipinski definition) is 3. The minimum absolute atomic E-state index is 0.125. The predicted octanol–water partition coefficient (Wildman–Crippen LogP) is 2.43. The van der Waals surface area contributed by atoms with Gasteiger partial charge in [-0.25, -0.2) is 0 Å². The Morgan fingerprint density at radius 3 is 2.48 bits per heavy atom. The van der Waals surface area contributed by atoms with E-state index < -0.39 is 0 Å². The third kappa shape index (κ3) is 4.98. The van der Waals surface area contributed by atoms with Crippen molar-refractivity contribution >= 4 is 11.8 Å². The standard InChI is InChI=1S/C18H26N2O3/c1-13-12-15(23-2)8-9-16(13)18(22)20-11-10-19-17(21)14-6-4-3-5-7-14/h8-9,12,14H,3-7,10-11H2,1-2H3,(H,19,21)(H,20,22). The zero-order chi connectivity index (χ0) is 16.7. The molecule has 0 aromatic heterocycles. The van der Waals surface area contributed by atoms with Gasteiger partial charge in [-0.15, -0.1) is 0 Å². The average molecular weight is 318 g/mol. The van der Waals surface area contributed by atoms with Crippen molar-refractivity contribution in [3.05, 3.63) is 29.3 Å². The van der Waals surface area contributed by atoms with Crippen LogP contribution in [-0.2, 0) is 4.79 Å². The molecule has 0 aliphatic heterocycles. The average Bonchev–Trinajstić information content (AvgIpc) is 2.58. The van der Waals surface area contributed by atoms with Gasteiger partial charge in [0.1, 0.15) is 5.75 Å². The van der Waals surface area contributed by atoms with Crippen LogP contribution in [0.1, 0.15) is 48.0 Å². The Kier molecular flexibility index (Phi) is 6.44. The summed E-state index contributed by atoms with van der Waals surface area (Å²) in [5, 5.41) is 5.76. The number of aryl methyl sites for hydroxylation is 1. The molecule has 0 unspecified atom stereocenters. The maximum atomic E-state index is 12.1. The Bertz CT molecular complexity index is 551. The summed E-state index contributed by atoms with van der Waals surface area (Å²) >= 11 is 0. The van der Waals surface area contributed by atoms with Gasteiger partial charge in [0, 0.05) is 24.6 Å². The molecule has 1 aromatic carbocycles. The topological polar surface area (TPSA) is 67.4 Å². The summed E-state index contributed by atoms with van der Waals surface area (Å²) in [5.41, 5.74) is 1.50. The van der Waals surface area contributed by atoms with Crippen molar-refractivity contribution in [2.24, 2.45) is 5.92 Å². The maximum Gasteiger partial charge on any atom is 0.251 e. The monoisotopic (exact) mass is 318 g/mol. The van der Waals surface area contributed by atoms with Gasteiger partial charge in [0.2, 0.25) is 5.91 Å². The Balaban J connectivity index is 1.73. The summed E-state index contributed by atoms with van der Waals surface area (Å²) < 4.78 is 5.13. The van der Waals surface area contributed by atoms with Crippen LogP contribution in [0.5, 0.6) is 5.75 Å². The van der Waals surface area contributed by atoms with Crippen molar-refractivity contribution in [3.63, 3.8) is 0 Å². The van der Waals surface area contributed by atoms with Gasteiger partial charge < -0.3 is 15.4 Å². The van der Waals surface area contributed by atoms with Gasteiger partial charge in [-0.05, 0) is 43.5 Å². The maximum absolute atomic E-state index is 12.1. The highest BCUT2D eigenvalue weighted by atomic mass is 16.5. The Morgan fingerprint density at radius 2 is 1.83 bits per heavy atom. The van der Waals surface area contributed by atoms with E-state index in [4.69, 9.17) is 4.74 Å². The van der Waals surface area contributed by atoms with Gasteiger partial charge in [-0.3, -0.25) is 9.59 Å². The zero-order valence-electron chi connectivity index (χ0n) is 14.0. The predicted molar refractivity (Wildman–Crippen MR) is 89.6 cm³/mol. The van der Waals surface area contributed by atoms with Crippen LogP contribution >= 0.6 is 0 Å². The van der Waals surface area contributed by atoms with E-state index in [9.17, 15) is 9.59 Å². The van der Waals surface area contributed by atoms with E-state index in [1.807, 2.05) is 13.0 Å². The SMILES string of the molecule is COc1ccc(C(=O)NCCNC(=O)C2CCCCC2)c(C)c1. The zero-order valence-corrected chi connectivity index (χ0v) is 14.0. The molecule has 1 saturated carbocycles. The first-order valence-electron chi connectivity index (χ1n) is 8.32. The second-order valence-electron chi connectivity index (χ2n) is 6.06. The molecule has 5 heteroatoms. The number of rotatable bonds is 6. The number of nitrogens with one attached hydrogen (secondary N) is 2. The fraction of sp³-hybridized carbons (Fsp3) is 0.556. The number of benzene rings is 1. The third-order valence-corrected chi connectivity index (χ3v) is 4.36. The highest BCUT2D eigenvalue weighted by Gasteiger charge is 2.20. The number of carbonyl (C=O) groups is 2. The summed E-state index contributed by atoms with van der Waals surface area (Å²) in [6.07, 6.45) is 5.50. The van der Waals surface area contributed by atoms with Crippen molar-refractivity contribution in [2.75, 3.05) is 20.2 Å². The van der Waals surface area contributed by atoms with Gasteiger partial charge in [-0.2, -0.15) is 0 Å². The Labute approximate surface area is 137 Å². The molecule has 2 N–H and O–H groups in total. The normalized spacial score (nSPS) is 15.0. The minimum atomic E-state index is -0.128. The van der Waals surface area contributed by atoms with E-state index in [1.54, 1.807) is 19.2 Å². The molecule has 5 nitrogen and oxygen atoms in total. The van der Waals surface area contributed by atoms with Crippen molar-refractivity contribution in [1.82, 2.24) is 10.6 Å². The number of carbonyl (C=O) groups excluding carboxylic acids is 2. The van der Waals surface area contributed by atoms with E-state index in [0.29, 0.717) is 18.7 Å². The number of amides is 2. The number of hydrogen-bond donors (Lipinski definition) is 2. The first-order chi connectivity index (χ1) is 11.1. The van der Waals surface area contributed by atoms with Crippen molar-refractivity contribution < 1.29 is 14.3 Å². The lowest BCUT2D eigenvalue weighted by Gasteiger charge is -2.20. The lowest BCUT2D eigenvalue weighted by Crippen LogP contribution is -2.38. The van der Waals surface area contributed by atoms with Gasteiger partial charge in [-0.1, -0.05) is 19.3 Å². The molecule has 0 radical (unpaired) electrons. The molecule has 0 bridgehead atoms. The van der Waals surface area contributed by atoms with E-state index in [-0.39, 0.29) is 17.7 Å². The van der Waals surface area contributed by atoms with Crippen LogP contribution in [0.15, 0.2) is 18.2 Å². The van der Waals surface area contributed by atoms with Crippen LogP contribution in [0.25, 0.3) is 0 Å². The first kappa shape index (κ1) is 17.3. The van der Waals surface area contributed by atoms with E-state index in [2.05, 4.69) is 10.6 Å². The van der Waals surface area contributed by atoms with Crippen LogP contribution < -0.4 is 15.4 Å². The largest absolute Gasteiger partial charge is 0.497 e. The van der Waals surface area contributed by atoms with Gasteiger partial charge in [0.05, 0.1) is 7.11 Å². The quantitative estimate of drug-likeness (QED) is 0.792. The second kappa shape index (κ2) is 8.56. The molecule has 0 saturated heterocycles. The first-order valence-corrected chi connectivity index (χ1v) is 8.32. The summed E-state index contributed by atoms with van der Waals surface area (Å²) in [6.45, 7) is 2.78. The molecule has 2 amide bonds. The van der Waals surface area contributed by atoms with Gasteiger partial charge >= 0.3 is 0 Å². The lowest BCUT2D eigenvalue weighted by molar-refractivity contribution is -0.125. The van der Waals surface area contributed by atoms with E-state index in [0.717, 1.165) is 37.0 Å². The number of ether oxygens (including phenoxy) is 1. The molecule has 1 aliphatic rings. The smallest absolute Gasteiger partial charge is 0.251 e. The molecule has 0 atom stereocenters. The second-order valence-corrected chi connectivity index (χ2v) is 6.06. The van der Waals surface area contributed by atoms with Gasteiger partial charge in [0.25, 0.3) is 5.91 Å². The summed E-state index contributed by atoms with van der Waals surface area (Å²) in [4.78, 5) is 24.1. The van der Waals surface area contributed by atoms with Crippen molar-refractivity contribution in [1.29, 1.82) is 0 Å². The molecule has 2 rings (SSSR count). The molecule has 0 heterocycles. The highest BCUT2D eigenvalue weighted by molar-refractivity contribution is 5.95. The Hall–Kier alpha value is -2.04. The molecule has 1 aliphatic carbocycles. The molecular formula is C18H26N2O3. The Morgan fingerprint density at radius 1 is 1.13 bits per heavy atom. The van der Waals surface area contributed by atoms with Crippen molar-refractivity contribution in [2.45, 2.75) is 39.0 Å². The summed E-state index contributed by atoms with van der Waals surface area (Å²) in [6, 6.07) is 5.36. The molecule has 0 spiro atoms. The molecular weight excluding hydrogens is 292 g/mol. The highest BCUT2D eigenvalue weighted by Crippen LogP contribution is 2.23.